The molecule has 1 aliphatic heterocycles. The molecule has 1 aromatic carbocycles. The van der Waals surface area contributed by atoms with Crippen LogP contribution in [0.15, 0.2) is 22.7 Å². The molecule has 1 fully saturated rings. The van der Waals surface area contributed by atoms with E-state index >= 15 is 0 Å². The fourth-order valence-electron chi connectivity index (χ4n) is 1.61. The van der Waals surface area contributed by atoms with Crippen molar-refractivity contribution in [2.75, 3.05) is 26.3 Å². The summed E-state index contributed by atoms with van der Waals surface area (Å²) < 4.78 is 6.23. The number of nitrogens with one attached hydrogen (secondary N) is 1. The third-order valence-electron chi connectivity index (χ3n) is 2.55. The van der Waals surface area contributed by atoms with Crippen molar-refractivity contribution < 1.29 is 9.84 Å². The second kappa shape index (κ2) is 5.63. The van der Waals surface area contributed by atoms with Crippen LogP contribution in [-0.2, 0) is 11.3 Å². The summed E-state index contributed by atoms with van der Waals surface area (Å²) in [7, 11) is 0. The number of hydrogen-bond donors (Lipinski definition) is 2. The predicted molar refractivity (Wildman–Crippen MR) is 65.0 cm³/mol. The summed E-state index contributed by atoms with van der Waals surface area (Å²) in [6, 6.07) is 5.44. The standard InChI is InChI=1S/C11H15BrN2O2/c12-10-1-2-11(15)9(7-10)8-13-14-3-5-16-6-4-14/h1-2,7,13,15H,3-6,8H2. The van der Waals surface area contributed by atoms with Crippen LogP contribution in [0.3, 0.4) is 0 Å². The van der Waals surface area contributed by atoms with Gasteiger partial charge in [0.25, 0.3) is 0 Å². The van der Waals surface area contributed by atoms with Crippen molar-refractivity contribution in [2.45, 2.75) is 6.54 Å². The number of hydrogen-bond acceptors (Lipinski definition) is 4. The summed E-state index contributed by atoms with van der Waals surface area (Å²) in [4.78, 5) is 0. The Bertz CT molecular complexity index is 354. The summed E-state index contributed by atoms with van der Waals surface area (Å²) in [5.41, 5.74) is 4.17. The molecule has 2 N–H and O–H groups in total. The highest BCUT2D eigenvalue weighted by molar-refractivity contribution is 9.10. The highest BCUT2D eigenvalue weighted by atomic mass is 79.9. The number of nitrogens with zero attached hydrogens (tertiary/aromatic N) is 1. The van der Waals surface area contributed by atoms with Gasteiger partial charge in [0.05, 0.1) is 13.2 Å². The monoisotopic (exact) mass is 286 g/mol. The number of halogens is 1. The lowest BCUT2D eigenvalue weighted by Crippen LogP contribution is -2.45. The Hall–Kier alpha value is -0.620. The van der Waals surface area contributed by atoms with Gasteiger partial charge in [0.2, 0.25) is 0 Å². The van der Waals surface area contributed by atoms with E-state index in [0.29, 0.717) is 12.3 Å². The van der Waals surface area contributed by atoms with Gasteiger partial charge in [-0.2, -0.15) is 0 Å². The van der Waals surface area contributed by atoms with Gasteiger partial charge in [0.15, 0.2) is 0 Å². The van der Waals surface area contributed by atoms with Crippen molar-refractivity contribution >= 4 is 15.9 Å². The minimum Gasteiger partial charge on any atom is -0.508 e. The van der Waals surface area contributed by atoms with Crippen molar-refractivity contribution in [3.05, 3.63) is 28.2 Å². The lowest BCUT2D eigenvalue weighted by atomic mass is 10.2. The average molecular weight is 287 g/mol. The first-order chi connectivity index (χ1) is 7.75. The van der Waals surface area contributed by atoms with Crippen molar-refractivity contribution in [3.63, 3.8) is 0 Å². The molecule has 1 aromatic rings. The molecule has 1 heterocycles. The smallest absolute Gasteiger partial charge is 0.120 e. The van der Waals surface area contributed by atoms with E-state index in [1.54, 1.807) is 6.07 Å². The van der Waals surface area contributed by atoms with Gasteiger partial charge in [-0.25, -0.2) is 5.01 Å². The molecule has 0 bridgehead atoms. The number of rotatable bonds is 3. The van der Waals surface area contributed by atoms with Crippen LogP contribution in [0.1, 0.15) is 5.56 Å². The van der Waals surface area contributed by atoms with E-state index < -0.39 is 0 Å². The van der Waals surface area contributed by atoms with Gasteiger partial charge >= 0.3 is 0 Å². The molecule has 88 valence electrons. The van der Waals surface area contributed by atoms with Gasteiger partial charge in [-0.15, -0.1) is 0 Å². The van der Waals surface area contributed by atoms with Gasteiger partial charge in [0.1, 0.15) is 5.75 Å². The van der Waals surface area contributed by atoms with E-state index in [1.165, 1.54) is 0 Å². The number of aromatic hydroxyl groups is 1. The van der Waals surface area contributed by atoms with Crippen LogP contribution < -0.4 is 5.43 Å². The number of hydrazine groups is 1. The number of ether oxygens (including phenoxy) is 1. The van der Waals surface area contributed by atoms with Crippen LogP contribution in [-0.4, -0.2) is 36.4 Å². The highest BCUT2D eigenvalue weighted by Crippen LogP contribution is 2.21. The fourth-order valence-corrected chi connectivity index (χ4v) is 2.02. The van der Waals surface area contributed by atoms with Crippen LogP contribution in [0.5, 0.6) is 5.75 Å². The molecule has 0 radical (unpaired) electrons. The first kappa shape index (κ1) is 11.9. The van der Waals surface area contributed by atoms with Crippen molar-refractivity contribution in [1.82, 2.24) is 10.4 Å². The molecule has 0 aliphatic carbocycles. The fraction of sp³-hybridized carbons (Fsp3) is 0.455. The van der Waals surface area contributed by atoms with Gasteiger partial charge < -0.3 is 9.84 Å². The molecule has 0 amide bonds. The summed E-state index contributed by atoms with van der Waals surface area (Å²) >= 11 is 3.39. The second-order valence-corrected chi connectivity index (χ2v) is 4.62. The second-order valence-electron chi connectivity index (χ2n) is 3.71. The highest BCUT2D eigenvalue weighted by Gasteiger charge is 2.10. The van der Waals surface area contributed by atoms with Crippen LogP contribution in [0.2, 0.25) is 0 Å². The topological polar surface area (TPSA) is 44.7 Å². The number of phenols is 1. The Morgan fingerprint density at radius 3 is 2.88 bits per heavy atom. The molecule has 16 heavy (non-hydrogen) atoms. The molecular weight excluding hydrogens is 272 g/mol. The molecular formula is C11H15BrN2O2. The maximum Gasteiger partial charge on any atom is 0.120 e. The van der Waals surface area contributed by atoms with E-state index in [1.807, 2.05) is 12.1 Å². The zero-order valence-corrected chi connectivity index (χ0v) is 10.5. The Labute approximate surface area is 103 Å². The van der Waals surface area contributed by atoms with Crippen LogP contribution in [0.4, 0.5) is 0 Å². The van der Waals surface area contributed by atoms with Gasteiger partial charge in [0, 0.05) is 29.7 Å². The molecule has 1 aliphatic rings. The third kappa shape index (κ3) is 3.18. The average Bonchev–Trinajstić information content (AvgIpc) is 2.32. The number of benzene rings is 1. The molecule has 0 unspecified atom stereocenters. The molecule has 4 nitrogen and oxygen atoms in total. The minimum atomic E-state index is 0.323. The van der Waals surface area contributed by atoms with Crippen molar-refractivity contribution in [1.29, 1.82) is 0 Å². The first-order valence-corrected chi connectivity index (χ1v) is 6.08. The summed E-state index contributed by atoms with van der Waals surface area (Å²) in [5.74, 6) is 0.323. The van der Waals surface area contributed by atoms with Crippen LogP contribution in [0, 0.1) is 0 Å². The molecule has 2 rings (SSSR count). The lowest BCUT2D eigenvalue weighted by Gasteiger charge is -2.27. The molecule has 0 atom stereocenters. The molecule has 0 aromatic heterocycles. The maximum atomic E-state index is 9.66. The third-order valence-corrected chi connectivity index (χ3v) is 3.04. The molecule has 1 saturated heterocycles. The van der Waals surface area contributed by atoms with E-state index in [9.17, 15) is 5.11 Å². The van der Waals surface area contributed by atoms with Crippen LogP contribution in [0.25, 0.3) is 0 Å². The van der Waals surface area contributed by atoms with Gasteiger partial charge in [-0.3, -0.25) is 5.43 Å². The predicted octanol–water partition coefficient (Wildman–Crippen LogP) is 1.49. The van der Waals surface area contributed by atoms with Gasteiger partial charge in [-0.05, 0) is 18.2 Å². The maximum absolute atomic E-state index is 9.66. The molecule has 5 heteroatoms. The van der Waals surface area contributed by atoms with E-state index in [0.717, 1.165) is 36.3 Å². The summed E-state index contributed by atoms with van der Waals surface area (Å²) in [5, 5.41) is 11.8. The Balaban J connectivity index is 1.90. The minimum absolute atomic E-state index is 0.323. The molecule has 0 spiro atoms. The summed E-state index contributed by atoms with van der Waals surface area (Å²) in [6.07, 6.45) is 0. The zero-order chi connectivity index (χ0) is 11.4. The largest absolute Gasteiger partial charge is 0.508 e. The van der Waals surface area contributed by atoms with E-state index in [-0.39, 0.29) is 0 Å². The quantitative estimate of drug-likeness (QED) is 0.884. The lowest BCUT2D eigenvalue weighted by molar-refractivity contribution is 0.0105. The molecule has 0 saturated carbocycles. The van der Waals surface area contributed by atoms with Gasteiger partial charge in [-0.1, -0.05) is 15.9 Å². The van der Waals surface area contributed by atoms with Crippen molar-refractivity contribution in [3.8, 4) is 5.75 Å². The zero-order valence-electron chi connectivity index (χ0n) is 8.95. The SMILES string of the molecule is Oc1ccc(Br)cc1CNN1CCOCC1. The Kier molecular flexibility index (Phi) is 4.17. The van der Waals surface area contributed by atoms with Crippen molar-refractivity contribution in [2.24, 2.45) is 0 Å². The Morgan fingerprint density at radius 2 is 2.12 bits per heavy atom. The number of phenolic OH excluding ortho intramolecular Hbond substituents is 1. The van der Waals surface area contributed by atoms with Crippen LogP contribution >= 0.6 is 15.9 Å². The van der Waals surface area contributed by atoms with E-state index in [4.69, 9.17) is 4.74 Å². The Morgan fingerprint density at radius 1 is 1.38 bits per heavy atom. The normalized spacial score (nSPS) is 17.6. The summed E-state index contributed by atoms with van der Waals surface area (Å²) in [6.45, 7) is 3.92. The number of morpholine rings is 1. The first-order valence-electron chi connectivity index (χ1n) is 5.29. The van der Waals surface area contributed by atoms with E-state index in [2.05, 4.69) is 26.4 Å².